The molecule has 3 aliphatic heterocycles. The number of carbonyl (C=O) groups excluding carboxylic acids is 1. The normalized spacial score (nSPS) is 24.1. The van der Waals surface area contributed by atoms with E-state index >= 15 is 0 Å². The molecule has 0 bridgehead atoms. The van der Waals surface area contributed by atoms with Crippen molar-refractivity contribution in [3.63, 3.8) is 0 Å². The lowest BCUT2D eigenvalue weighted by Gasteiger charge is -2.39. The highest BCUT2D eigenvalue weighted by atomic mass is 127. The molecule has 0 aliphatic carbocycles. The standard InChI is InChI=1S/C19H35N5O2.HI/c1-19(2,3)26-18(25)23-11-12-24-16(14-23)13-21-17(24)20-8-5-15-6-9-22(4)10-7-15;/h15-16H,5-14H2,1-4H3,(H,20,21);1H. The van der Waals surface area contributed by atoms with Crippen LogP contribution in [0.2, 0.25) is 0 Å². The lowest BCUT2D eigenvalue weighted by molar-refractivity contribution is 0.0137. The van der Waals surface area contributed by atoms with Gasteiger partial charge in [0.05, 0.1) is 12.6 Å². The molecular formula is C19H36IN5O2. The fourth-order valence-corrected chi connectivity index (χ4v) is 3.96. The van der Waals surface area contributed by atoms with Crippen molar-refractivity contribution in [2.75, 3.05) is 52.9 Å². The number of hydrogen-bond acceptors (Lipinski definition) is 6. The van der Waals surface area contributed by atoms with Crippen LogP contribution in [0.25, 0.3) is 0 Å². The van der Waals surface area contributed by atoms with Crippen molar-refractivity contribution in [2.24, 2.45) is 10.9 Å². The first-order valence-corrected chi connectivity index (χ1v) is 10.0. The summed E-state index contributed by atoms with van der Waals surface area (Å²) in [6.45, 7) is 12.1. The van der Waals surface area contributed by atoms with E-state index in [4.69, 9.17) is 4.74 Å². The van der Waals surface area contributed by atoms with E-state index in [9.17, 15) is 4.79 Å². The number of hydrogen-bond donors (Lipinski definition) is 1. The third-order valence-electron chi connectivity index (χ3n) is 5.53. The first kappa shape index (κ1) is 22.5. The van der Waals surface area contributed by atoms with E-state index in [2.05, 4.69) is 27.2 Å². The second-order valence-corrected chi connectivity index (χ2v) is 8.90. The molecule has 27 heavy (non-hydrogen) atoms. The fourth-order valence-electron chi connectivity index (χ4n) is 3.96. The molecule has 1 atom stereocenters. The summed E-state index contributed by atoms with van der Waals surface area (Å²) in [6.07, 6.45) is 3.62. The average Bonchev–Trinajstić information content (AvgIpc) is 2.97. The van der Waals surface area contributed by atoms with Gasteiger partial charge in [0, 0.05) is 26.2 Å². The highest BCUT2D eigenvalue weighted by Gasteiger charge is 2.36. The van der Waals surface area contributed by atoms with Crippen LogP contribution in [0.3, 0.4) is 0 Å². The van der Waals surface area contributed by atoms with Crippen molar-refractivity contribution >= 4 is 36.0 Å². The van der Waals surface area contributed by atoms with Gasteiger partial charge in [-0.15, -0.1) is 24.0 Å². The van der Waals surface area contributed by atoms with Crippen LogP contribution in [0.4, 0.5) is 4.79 Å². The number of amides is 1. The van der Waals surface area contributed by atoms with Gasteiger partial charge in [0.1, 0.15) is 5.60 Å². The van der Waals surface area contributed by atoms with E-state index in [-0.39, 0.29) is 36.1 Å². The Labute approximate surface area is 180 Å². The van der Waals surface area contributed by atoms with Crippen molar-refractivity contribution in [3.8, 4) is 0 Å². The largest absolute Gasteiger partial charge is 0.444 e. The molecular weight excluding hydrogens is 457 g/mol. The van der Waals surface area contributed by atoms with Crippen molar-refractivity contribution in [1.29, 1.82) is 0 Å². The Hall–Kier alpha value is -0.770. The van der Waals surface area contributed by atoms with E-state index < -0.39 is 5.60 Å². The molecule has 8 heteroatoms. The maximum Gasteiger partial charge on any atom is 0.410 e. The smallest absolute Gasteiger partial charge is 0.410 e. The first-order valence-electron chi connectivity index (χ1n) is 10.0. The topological polar surface area (TPSA) is 60.4 Å². The Kier molecular flexibility index (Phi) is 8.03. The highest BCUT2D eigenvalue weighted by Crippen LogP contribution is 2.20. The number of carbonyl (C=O) groups is 1. The van der Waals surface area contributed by atoms with Crippen LogP contribution in [0.5, 0.6) is 0 Å². The number of rotatable bonds is 3. The first-order chi connectivity index (χ1) is 12.3. The fraction of sp³-hybridized carbons (Fsp3) is 0.895. The minimum atomic E-state index is -0.443. The molecule has 2 fully saturated rings. The van der Waals surface area contributed by atoms with Gasteiger partial charge in [0.15, 0.2) is 5.96 Å². The number of likely N-dealkylation sites (tertiary alicyclic amines) is 1. The molecule has 156 valence electrons. The second-order valence-electron chi connectivity index (χ2n) is 8.90. The van der Waals surface area contributed by atoms with Crippen LogP contribution in [0, 0.1) is 5.92 Å². The van der Waals surface area contributed by atoms with Gasteiger partial charge in [-0.25, -0.2) is 4.79 Å². The summed E-state index contributed by atoms with van der Waals surface area (Å²) in [7, 11) is 2.21. The third kappa shape index (κ3) is 6.37. The molecule has 0 aromatic rings. The van der Waals surface area contributed by atoms with Gasteiger partial charge in [0.2, 0.25) is 0 Å². The van der Waals surface area contributed by atoms with Crippen LogP contribution >= 0.6 is 24.0 Å². The molecule has 3 aliphatic rings. The van der Waals surface area contributed by atoms with Crippen LogP contribution in [0.1, 0.15) is 40.0 Å². The molecule has 0 spiro atoms. The van der Waals surface area contributed by atoms with Crippen molar-refractivity contribution in [2.45, 2.75) is 51.7 Å². The molecule has 1 amide bonds. The minimum Gasteiger partial charge on any atom is -0.444 e. The van der Waals surface area contributed by atoms with E-state index in [0.717, 1.165) is 31.5 Å². The van der Waals surface area contributed by atoms with Crippen LogP contribution in [-0.2, 0) is 4.74 Å². The molecule has 1 N–H and O–H groups in total. The summed E-state index contributed by atoms with van der Waals surface area (Å²) in [6, 6.07) is 0.280. The van der Waals surface area contributed by atoms with E-state index in [0.29, 0.717) is 13.1 Å². The van der Waals surface area contributed by atoms with Gasteiger partial charge in [0.25, 0.3) is 0 Å². The van der Waals surface area contributed by atoms with Gasteiger partial charge in [-0.3, -0.25) is 4.99 Å². The van der Waals surface area contributed by atoms with Crippen molar-refractivity contribution in [1.82, 2.24) is 20.0 Å². The third-order valence-corrected chi connectivity index (χ3v) is 5.53. The summed E-state index contributed by atoms with van der Waals surface area (Å²) in [5, 5.41) is 3.55. The predicted octanol–water partition coefficient (Wildman–Crippen LogP) is 2.22. The van der Waals surface area contributed by atoms with Gasteiger partial charge < -0.3 is 24.8 Å². The number of nitrogens with zero attached hydrogens (tertiary/aromatic N) is 4. The van der Waals surface area contributed by atoms with Gasteiger partial charge in [-0.2, -0.15) is 0 Å². The second kappa shape index (κ2) is 9.62. The minimum absolute atomic E-state index is 0. The maximum atomic E-state index is 12.3. The van der Waals surface area contributed by atoms with Gasteiger partial charge in [-0.05, 0) is 66.1 Å². The summed E-state index contributed by atoms with van der Waals surface area (Å²) in [5.74, 6) is 1.85. The Morgan fingerprint density at radius 2 is 1.93 bits per heavy atom. The molecule has 0 aromatic heterocycles. The van der Waals surface area contributed by atoms with Gasteiger partial charge >= 0.3 is 6.09 Å². The zero-order valence-electron chi connectivity index (χ0n) is 17.2. The van der Waals surface area contributed by atoms with E-state index in [1.807, 2.05) is 25.7 Å². The highest BCUT2D eigenvalue weighted by molar-refractivity contribution is 14.0. The van der Waals surface area contributed by atoms with Crippen LogP contribution in [0.15, 0.2) is 4.99 Å². The summed E-state index contributed by atoms with van der Waals surface area (Å²) >= 11 is 0. The zero-order valence-corrected chi connectivity index (χ0v) is 19.6. The maximum absolute atomic E-state index is 12.3. The molecule has 0 saturated carbocycles. The number of ether oxygens (including phenoxy) is 1. The Balaban J connectivity index is 0.00000261. The molecule has 3 rings (SSSR count). The van der Waals surface area contributed by atoms with Crippen molar-refractivity contribution in [3.05, 3.63) is 0 Å². The Morgan fingerprint density at radius 1 is 1.22 bits per heavy atom. The van der Waals surface area contributed by atoms with E-state index in [1.54, 1.807) is 0 Å². The number of piperidine rings is 1. The zero-order chi connectivity index (χ0) is 18.7. The summed E-state index contributed by atoms with van der Waals surface area (Å²) < 4.78 is 5.50. The summed E-state index contributed by atoms with van der Waals surface area (Å²) in [5.41, 5.74) is -0.443. The molecule has 0 aromatic carbocycles. The predicted molar refractivity (Wildman–Crippen MR) is 119 cm³/mol. The number of fused-ring (bicyclic) bond motifs is 1. The SMILES string of the molecule is CN1CCC(CCNC2=NCC3CN(C(=O)OC(C)(C)C)CCN23)CC1.I. The van der Waals surface area contributed by atoms with Gasteiger partial charge in [-0.1, -0.05) is 0 Å². The Bertz CT molecular complexity index is 529. The van der Waals surface area contributed by atoms with Crippen LogP contribution in [-0.4, -0.2) is 91.3 Å². The number of halogens is 1. The molecule has 0 radical (unpaired) electrons. The monoisotopic (exact) mass is 493 g/mol. The molecule has 3 heterocycles. The molecule has 2 saturated heterocycles. The van der Waals surface area contributed by atoms with Crippen molar-refractivity contribution < 1.29 is 9.53 Å². The number of aliphatic imine (C=N–C) groups is 1. The average molecular weight is 493 g/mol. The molecule has 7 nitrogen and oxygen atoms in total. The number of piperazine rings is 1. The number of guanidine groups is 1. The lowest BCUT2D eigenvalue weighted by atomic mass is 9.94. The quantitative estimate of drug-likeness (QED) is 0.612. The number of nitrogens with one attached hydrogen (secondary N) is 1. The lowest BCUT2D eigenvalue weighted by Crippen LogP contribution is -2.57. The Morgan fingerprint density at radius 3 is 2.59 bits per heavy atom. The van der Waals surface area contributed by atoms with E-state index in [1.165, 1.54) is 32.4 Å². The van der Waals surface area contributed by atoms with Crippen LogP contribution < -0.4 is 5.32 Å². The summed E-state index contributed by atoms with van der Waals surface area (Å²) in [4.78, 5) is 23.5. The molecule has 1 unspecified atom stereocenters.